The fraction of sp³-hybridized carbons (Fsp3) is 0.200. The Balaban J connectivity index is 1.73. The van der Waals surface area contributed by atoms with E-state index in [4.69, 9.17) is 14.2 Å². The first-order chi connectivity index (χ1) is 15.4. The first-order valence-electron chi connectivity index (χ1n) is 10.0. The van der Waals surface area contributed by atoms with Crippen LogP contribution in [0.1, 0.15) is 21.5 Å². The van der Waals surface area contributed by atoms with Crippen molar-refractivity contribution >= 4 is 23.2 Å². The smallest absolute Gasteiger partial charge is 0.262 e. The van der Waals surface area contributed by atoms with Crippen LogP contribution >= 0.6 is 0 Å². The quantitative estimate of drug-likeness (QED) is 0.542. The molecule has 0 saturated carbocycles. The van der Waals surface area contributed by atoms with Gasteiger partial charge < -0.3 is 24.8 Å². The summed E-state index contributed by atoms with van der Waals surface area (Å²) in [5, 5.41) is 5.58. The molecule has 0 aliphatic rings. The Kier molecular flexibility index (Phi) is 7.33. The third-order valence-electron chi connectivity index (χ3n) is 4.65. The normalized spacial score (nSPS) is 10.2. The van der Waals surface area contributed by atoms with Crippen LogP contribution in [0, 0.1) is 13.8 Å². The Morgan fingerprint density at radius 3 is 1.91 bits per heavy atom. The van der Waals surface area contributed by atoms with Crippen LogP contribution in [0.4, 0.5) is 11.4 Å². The van der Waals surface area contributed by atoms with Gasteiger partial charge in [0.15, 0.2) is 6.61 Å². The topological polar surface area (TPSA) is 85.9 Å². The molecule has 0 aliphatic heterocycles. The number of anilines is 2. The number of hydrogen-bond acceptors (Lipinski definition) is 5. The Hall–Kier alpha value is -4.00. The molecule has 0 fully saturated rings. The van der Waals surface area contributed by atoms with Crippen molar-refractivity contribution in [2.24, 2.45) is 0 Å². The van der Waals surface area contributed by atoms with Gasteiger partial charge in [-0.1, -0.05) is 24.3 Å². The summed E-state index contributed by atoms with van der Waals surface area (Å²) < 4.78 is 16.4. The minimum absolute atomic E-state index is 0.166. The molecule has 7 heteroatoms. The third-order valence-corrected chi connectivity index (χ3v) is 4.65. The number of amides is 2. The second-order valence-corrected chi connectivity index (χ2v) is 7.23. The van der Waals surface area contributed by atoms with Crippen LogP contribution in [0.3, 0.4) is 0 Å². The zero-order valence-corrected chi connectivity index (χ0v) is 18.5. The molecule has 3 aromatic rings. The highest BCUT2D eigenvalue weighted by Gasteiger charge is 2.16. The first-order valence-corrected chi connectivity index (χ1v) is 10.0. The number of ether oxygens (including phenoxy) is 3. The zero-order chi connectivity index (χ0) is 23.1. The molecule has 0 saturated heterocycles. The molecule has 0 atom stereocenters. The van der Waals surface area contributed by atoms with Crippen molar-refractivity contribution in [1.82, 2.24) is 0 Å². The van der Waals surface area contributed by atoms with Crippen LogP contribution in [-0.4, -0.2) is 32.6 Å². The molecule has 2 amide bonds. The van der Waals surface area contributed by atoms with E-state index in [1.54, 1.807) is 36.4 Å². The lowest BCUT2D eigenvalue weighted by Gasteiger charge is -2.16. The second-order valence-electron chi connectivity index (χ2n) is 7.23. The van der Waals surface area contributed by atoms with Crippen molar-refractivity contribution in [1.29, 1.82) is 0 Å². The average molecular weight is 434 g/mol. The summed E-state index contributed by atoms with van der Waals surface area (Å²) in [4.78, 5) is 25.0. The molecule has 0 aromatic heterocycles. The molecule has 0 bridgehead atoms. The van der Waals surface area contributed by atoms with Crippen molar-refractivity contribution in [2.75, 3.05) is 31.5 Å². The SMILES string of the molecule is COc1cc(NC(=O)c2ccccc2)c(OC)cc1NC(=O)COc1cc(C)cc(C)c1. The molecule has 3 rings (SSSR count). The van der Waals surface area contributed by atoms with Crippen LogP contribution in [0.15, 0.2) is 60.7 Å². The lowest BCUT2D eigenvalue weighted by atomic mass is 10.1. The number of carbonyl (C=O) groups is 2. The highest BCUT2D eigenvalue weighted by Crippen LogP contribution is 2.36. The maximum Gasteiger partial charge on any atom is 0.262 e. The predicted octanol–water partition coefficient (Wildman–Crippen LogP) is 4.59. The Bertz CT molecular complexity index is 1090. The number of rotatable bonds is 8. The summed E-state index contributed by atoms with van der Waals surface area (Å²) in [5.41, 5.74) is 3.44. The van der Waals surface area contributed by atoms with Crippen molar-refractivity contribution in [3.8, 4) is 17.2 Å². The van der Waals surface area contributed by atoms with Crippen molar-refractivity contribution in [2.45, 2.75) is 13.8 Å². The van der Waals surface area contributed by atoms with E-state index in [1.807, 2.05) is 38.1 Å². The van der Waals surface area contributed by atoms with Crippen molar-refractivity contribution in [3.63, 3.8) is 0 Å². The lowest BCUT2D eigenvalue weighted by molar-refractivity contribution is -0.118. The molecular weight excluding hydrogens is 408 g/mol. The van der Waals surface area contributed by atoms with E-state index >= 15 is 0 Å². The van der Waals surface area contributed by atoms with Crippen LogP contribution < -0.4 is 24.8 Å². The molecule has 0 heterocycles. The highest BCUT2D eigenvalue weighted by atomic mass is 16.5. The van der Waals surface area contributed by atoms with Gasteiger partial charge in [-0.2, -0.15) is 0 Å². The summed E-state index contributed by atoms with van der Waals surface area (Å²) in [7, 11) is 2.96. The summed E-state index contributed by atoms with van der Waals surface area (Å²) in [5.74, 6) is 0.728. The molecule has 2 N–H and O–H groups in total. The molecule has 0 radical (unpaired) electrons. The molecular formula is C25H26N2O5. The Morgan fingerprint density at radius 2 is 1.34 bits per heavy atom. The maximum atomic E-state index is 12.5. The van der Waals surface area contributed by atoms with Gasteiger partial charge >= 0.3 is 0 Å². The van der Waals surface area contributed by atoms with Crippen molar-refractivity contribution in [3.05, 3.63) is 77.4 Å². The number of nitrogens with one attached hydrogen (secondary N) is 2. The van der Waals surface area contributed by atoms with Crippen LogP contribution in [0.5, 0.6) is 17.2 Å². The van der Waals surface area contributed by atoms with Crippen LogP contribution in [0.2, 0.25) is 0 Å². The molecule has 7 nitrogen and oxygen atoms in total. The standard InChI is InChI=1S/C25H26N2O5/c1-16-10-17(2)12-19(11-16)32-15-24(28)26-20-13-23(31-4)21(14-22(20)30-3)27-25(29)18-8-6-5-7-9-18/h5-14H,15H2,1-4H3,(H,26,28)(H,27,29). The summed E-state index contributed by atoms with van der Waals surface area (Å²) >= 11 is 0. The highest BCUT2D eigenvalue weighted by molar-refractivity contribution is 6.05. The van der Waals surface area contributed by atoms with Crippen LogP contribution in [-0.2, 0) is 4.79 Å². The van der Waals surface area contributed by atoms with Gasteiger partial charge in [-0.05, 0) is 49.2 Å². The van der Waals surface area contributed by atoms with E-state index in [2.05, 4.69) is 10.6 Å². The summed E-state index contributed by atoms with van der Waals surface area (Å²) in [6.45, 7) is 3.77. The Morgan fingerprint density at radius 1 is 0.781 bits per heavy atom. The van der Waals surface area contributed by atoms with Crippen molar-refractivity contribution < 1.29 is 23.8 Å². The van der Waals surface area contributed by atoms with E-state index in [1.165, 1.54) is 14.2 Å². The second kappa shape index (κ2) is 10.3. The van der Waals surface area contributed by atoms with Gasteiger partial charge in [-0.15, -0.1) is 0 Å². The number of aryl methyl sites for hydroxylation is 2. The fourth-order valence-corrected chi connectivity index (χ4v) is 3.23. The predicted molar refractivity (Wildman–Crippen MR) is 124 cm³/mol. The van der Waals surface area contributed by atoms with E-state index in [9.17, 15) is 9.59 Å². The first kappa shape index (κ1) is 22.7. The van der Waals surface area contributed by atoms with Gasteiger partial charge in [-0.25, -0.2) is 0 Å². The monoisotopic (exact) mass is 434 g/mol. The van der Waals surface area contributed by atoms with E-state index in [0.717, 1.165) is 11.1 Å². The van der Waals surface area contributed by atoms with Gasteiger partial charge in [0.05, 0.1) is 25.6 Å². The van der Waals surface area contributed by atoms with E-state index in [-0.39, 0.29) is 18.4 Å². The van der Waals surface area contributed by atoms with Crippen LogP contribution in [0.25, 0.3) is 0 Å². The molecule has 0 aliphatic carbocycles. The summed E-state index contributed by atoms with van der Waals surface area (Å²) in [6, 6.07) is 17.8. The van der Waals surface area contributed by atoms with Gasteiger partial charge in [0.2, 0.25) is 0 Å². The van der Waals surface area contributed by atoms with E-state index in [0.29, 0.717) is 34.2 Å². The van der Waals surface area contributed by atoms with Gasteiger partial charge in [0, 0.05) is 17.7 Å². The molecule has 166 valence electrons. The average Bonchev–Trinajstić information content (AvgIpc) is 2.78. The van der Waals surface area contributed by atoms with Gasteiger partial charge in [-0.3, -0.25) is 9.59 Å². The number of carbonyl (C=O) groups excluding carboxylic acids is 2. The molecule has 32 heavy (non-hydrogen) atoms. The molecule has 0 spiro atoms. The third kappa shape index (κ3) is 5.78. The fourth-order valence-electron chi connectivity index (χ4n) is 3.23. The number of benzene rings is 3. The maximum absolute atomic E-state index is 12.5. The summed E-state index contributed by atoms with van der Waals surface area (Å²) in [6.07, 6.45) is 0. The Labute approximate surface area is 187 Å². The van der Waals surface area contributed by atoms with E-state index < -0.39 is 0 Å². The van der Waals surface area contributed by atoms with Gasteiger partial charge in [0.1, 0.15) is 17.2 Å². The minimum Gasteiger partial charge on any atom is -0.494 e. The molecule has 0 unspecified atom stereocenters. The lowest BCUT2D eigenvalue weighted by Crippen LogP contribution is -2.21. The van der Waals surface area contributed by atoms with Gasteiger partial charge in [0.25, 0.3) is 11.8 Å². The zero-order valence-electron chi connectivity index (χ0n) is 18.5. The number of methoxy groups -OCH3 is 2. The molecule has 3 aromatic carbocycles. The largest absolute Gasteiger partial charge is 0.494 e. The minimum atomic E-state index is -0.356. The number of hydrogen-bond donors (Lipinski definition) is 2.